The summed E-state index contributed by atoms with van der Waals surface area (Å²) in [7, 11) is 0. The molecular weight excluding hydrogens is 245 g/mol. The molecule has 0 fully saturated rings. The van der Waals surface area contributed by atoms with Crippen LogP contribution < -0.4 is 10.5 Å². The summed E-state index contributed by atoms with van der Waals surface area (Å²) in [5.41, 5.74) is 6.74. The molecule has 2 aromatic rings. The van der Waals surface area contributed by atoms with Crippen molar-refractivity contribution in [3.63, 3.8) is 0 Å². The number of nitrogens with two attached hydrogens (primary N) is 1. The fourth-order valence-electron chi connectivity index (χ4n) is 1.67. The number of rotatable bonds is 4. The lowest BCUT2D eigenvalue weighted by Crippen LogP contribution is -2.03. The fraction of sp³-hybridized carbons (Fsp3) is 0.286. The Morgan fingerprint density at radius 2 is 2.11 bits per heavy atom. The molecule has 100 valence electrons. The molecule has 5 heteroatoms. The highest BCUT2D eigenvalue weighted by atomic mass is 19.1. The van der Waals surface area contributed by atoms with Crippen LogP contribution in [0.2, 0.25) is 0 Å². The average molecular weight is 261 g/mol. The number of halogens is 1. The summed E-state index contributed by atoms with van der Waals surface area (Å²) in [6.07, 6.45) is 1.44. The number of hydrogen-bond donors (Lipinski definition) is 1. The maximum absolute atomic E-state index is 13.6. The first kappa shape index (κ1) is 13.4. The minimum absolute atomic E-state index is 0.0735. The Labute approximate surface area is 111 Å². The van der Waals surface area contributed by atoms with E-state index in [9.17, 15) is 4.39 Å². The van der Waals surface area contributed by atoms with Crippen LogP contribution in [-0.2, 0) is 6.54 Å². The van der Waals surface area contributed by atoms with Crippen LogP contribution in [0.15, 0.2) is 30.6 Å². The monoisotopic (exact) mass is 261 g/mol. The molecule has 0 aliphatic carbocycles. The number of nitrogens with zero attached hydrogens (tertiary/aromatic N) is 2. The minimum Gasteiger partial charge on any atom is -0.438 e. The van der Waals surface area contributed by atoms with Crippen molar-refractivity contribution < 1.29 is 9.13 Å². The molecule has 0 saturated heterocycles. The lowest BCUT2D eigenvalue weighted by Gasteiger charge is -2.11. The predicted octanol–water partition coefficient (Wildman–Crippen LogP) is 2.99. The molecule has 0 aliphatic heterocycles. The fourth-order valence-corrected chi connectivity index (χ4v) is 1.67. The van der Waals surface area contributed by atoms with Gasteiger partial charge in [-0.25, -0.2) is 14.4 Å². The van der Waals surface area contributed by atoms with Crippen LogP contribution in [-0.4, -0.2) is 9.97 Å². The van der Waals surface area contributed by atoms with Gasteiger partial charge in [0.25, 0.3) is 0 Å². The lowest BCUT2D eigenvalue weighted by atomic mass is 10.1. The van der Waals surface area contributed by atoms with E-state index >= 15 is 0 Å². The molecule has 0 unspecified atom stereocenters. The molecular formula is C14H16FN3O. The second kappa shape index (κ2) is 5.75. The first-order valence-electron chi connectivity index (χ1n) is 6.09. The van der Waals surface area contributed by atoms with Crippen molar-refractivity contribution >= 4 is 0 Å². The van der Waals surface area contributed by atoms with Crippen molar-refractivity contribution in [3.05, 3.63) is 47.7 Å². The van der Waals surface area contributed by atoms with E-state index in [0.717, 1.165) is 5.69 Å². The molecule has 0 aliphatic rings. The van der Waals surface area contributed by atoms with Gasteiger partial charge in [-0.1, -0.05) is 19.9 Å². The van der Waals surface area contributed by atoms with Gasteiger partial charge >= 0.3 is 0 Å². The van der Waals surface area contributed by atoms with E-state index < -0.39 is 0 Å². The van der Waals surface area contributed by atoms with E-state index in [4.69, 9.17) is 10.5 Å². The van der Waals surface area contributed by atoms with Crippen LogP contribution in [0.1, 0.15) is 31.0 Å². The van der Waals surface area contributed by atoms with Gasteiger partial charge in [0.2, 0.25) is 5.88 Å². The van der Waals surface area contributed by atoms with Crippen molar-refractivity contribution in [2.45, 2.75) is 26.3 Å². The molecule has 0 radical (unpaired) electrons. The number of ether oxygens (including phenoxy) is 1. The van der Waals surface area contributed by atoms with Crippen molar-refractivity contribution in [1.82, 2.24) is 9.97 Å². The van der Waals surface area contributed by atoms with Crippen LogP contribution in [0, 0.1) is 5.82 Å². The zero-order valence-corrected chi connectivity index (χ0v) is 10.9. The Kier molecular flexibility index (Phi) is 4.06. The summed E-state index contributed by atoms with van der Waals surface area (Å²) in [6, 6.07) is 6.35. The molecule has 0 saturated carbocycles. The van der Waals surface area contributed by atoms with E-state index in [-0.39, 0.29) is 18.3 Å². The smallest absolute Gasteiger partial charge is 0.222 e. The van der Waals surface area contributed by atoms with E-state index in [1.165, 1.54) is 12.4 Å². The number of aromatic nitrogens is 2. The number of benzene rings is 1. The molecule has 0 atom stereocenters. The van der Waals surface area contributed by atoms with Crippen LogP contribution in [0.3, 0.4) is 0 Å². The Hall–Kier alpha value is -2.01. The third kappa shape index (κ3) is 3.06. The van der Waals surface area contributed by atoms with Gasteiger partial charge in [-0.05, 0) is 18.1 Å². The maximum atomic E-state index is 13.6. The Morgan fingerprint density at radius 3 is 2.79 bits per heavy atom. The summed E-state index contributed by atoms with van der Waals surface area (Å²) < 4.78 is 19.2. The molecule has 2 rings (SSSR count). The SMILES string of the molecule is CC(C)c1cc(Oc2cccc(F)c2CN)ncn1. The second-order valence-corrected chi connectivity index (χ2v) is 4.46. The Balaban J connectivity index is 2.31. The molecule has 0 amide bonds. The van der Waals surface area contributed by atoms with Crippen LogP contribution in [0.4, 0.5) is 4.39 Å². The standard InChI is InChI=1S/C14H16FN3O/c1-9(2)12-6-14(18-8-17-12)19-13-5-3-4-11(15)10(13)7-16/h3-6,8-9H,7,16H2,1-2H3. The quantitative estimate of drug-likeness (QED) is 0.919. The normalized spacial score (nSPS) is 10.8. The van der Waals surface area contributed by atoms with Gasteiger partial charge in [-0.15, -0.1) is 0 Å². The van der Waals surface area contributed by atoms with Crippen molar-refractivity contribution in [1.29, 1.82) is 0 Å². The summed E-state index contributed by atoms with van der Waals surface area (Å²) >= 11 is 0. The van der Waals surface area contributed by atoms with Gasteiger partial charge < -0.3 is 10.5 Å². The first-order chi connectivity index (χ1) is 9.11. The zero-order chi connectivity index (χ0) is 13.8. The summed E-state index contributed by atoms with van der Waals surface area (Å²) in [5, 5.41) is 0. The molecule has 1 aromatic heterocycles. The Morgan fingerprint density at radius 1 is 1.32 bits per heavy atom. The van der Waals surface area contributed by atoms with Gasteiger partial charge in [0.15, 0.2) is 0 Å². The minimum atomic E-state index is -0.377. The highest BCUT2D eigenvalue weighted by Gasteiger charge is 2.10. The molecule has 19 heavy (non-hydrogen) atoms. The molecule has 2 N–H and O–H groups in total. The van der Waals surface area contributed by atoms with E-state index in [2.05, 4.69) is 9.97 Å². The van der Waals surface area contributed by atoms with Crippen LogP contribution in [0.5, 0.6) is 11.6 Å². The average Bonchev–Trinajstić information content (AvgIpc) is 2.39. The topological polar surface area (TPSA) is 61.0 Å². The van der Waals surface area contributed by atoms with Gasteiger partial charge in [0, 0.05) is 18.2 Å². The van der Waals surface area contributed by atoms with E-state index in [0.29, 0.717) is 17.2 Å². The van der Waals surface area contributed by atoms with Crippen molar-refractivity contribution in [2.75, 3.05) is 0 Å². The van der Waals surface area contributed by atoms with Gasteiger partial charge in [-0.3, -0.25) is 0 Å². The zero-order valence-electron chi connectivity index (χ0n) is 10.9. The van der Waals surface area contributed by atoms with Crippen molar-refractivity contribution in [3.8, 4) is 11.6 Å². The summed E-state index contributed by atoms with van der Waals surface area (Å²) in [6.45, 7) is 4.13. The third-order valence-electron chi connectivity index (χ3n) is 2.75. The highest BCUT2D eigenvalue weighted by Crippen LogP contribution is 2.26. The number of hydrogen-bond acceptors (Lipinski definition) is 4. The molecule has 1 aromatic carbocycles. The van der Waals surface area contributed by atoms with Gasteiger partial charge in [0.05, 0.1) is 5.69 Å². The molecule has 4 nitrogen and oxygen atoms in total. The molecule has 0 bridgehead atoms. The summed E-state index contributed by atoms with van der Waals surface area (Å²) in [4.78, 5) is 8.18. The predicted molar refractivity (Wildman–Crippen MR) is 70.5 cm³/mol. The van der Waals surface area contributed by atoms with Gasteiger partial charge in [-0.2, -0.15) is 0 Å². The first-order valence-corrected chi connectivity index (χ1v) is 6.09. The van der Waals surface area contributed by atoms with E-state index in [1.54, 1.807) is 18.2 Å². The Bertz CT molecular complexity index is 572. The van der Waals surface area contributed by atoms with Gasteiger partial charge in [0.1, 0.15) is 17.9 Å². The lowest BCUT2D eigenvalue weighted by molar-refractivity contribution is 0.447. The van der Waals surface area contributed by atoms with Crippen LogP contribution >= 0.6 is 0 Å². The summed E-state index contributed by atoms with van der Waals surface area (Å²) in [5.74, 6) is 0.667. The van der Waals surface area contributed by atoms with Crippen LogP contribution in [0.25, 0.3) is 0 Å². The highest BCUT2D eigenvalue weighted by molar-refractivity contribution is 5.37. The van der Waals surface area contributed by atoms with E-state index in [1.807, 2.05) is 13.8 Å². The van der Waals surface area contributed by atoms with Crippen molar-refractivity contribution in [2.24, 2.45) is 5.73 Å². The molecule has 0 spiro atoms. The third-order valence-corrected chi connectivity index (χ3v) is 2.75. The molecule has 1 heterocycles. The second-order valence-electron chi connectivity index (χ2n) is 4.46. The largest absolute Gasteiger partial charge is 0.438 e. The maximum Gasteiger partial charge on any atom is 0.222 e.